The third kappa shape index (κ3) is 3.94. The summed E-state index contributed by atoms with van der Waals surface area (Å²) in [4.78, 5) is 15.0. The van der Waals surface area contributed by atoms with E-state index >= 15 is 0 Å². The van der Waals surface area contributed by atoms with Gasteiger partial charge in [0.15, 0.2) is 10.1 Å². The predicted octanol–water partition coefficient (Wildman–Crippen LogP) is 4.50. The molecule has 1 aliphatic heterocycles. The fourth-order valence-electron chi connectivity index (χ4n) is 3.21. The molecule has 0 saturated carbocycles. The summed E-state index contributed by atoms with van der Waals surface area (Å²) in [5, 5.41) is 11.9. The molecule has 1 aromatic heterocycles. The zero-order valence-electron chi connectivity index (χ0n) is 16.0. The predicted molar refractivity (Wildman–Crippen MR) is 115 cm³/mol. The van der Waals surface area contributed by atoms with Gasteiger partial charge in [0.2, 0.25) is 5.13 Å². The third-order valence-electron chi connectivity index (χ3n) is 4.70. The number of rotatable bonds is 7. The van der Waals surface area contributed by atoms with Crippen LogP contribution in [-0.2, 0) is 10.2 Å². The molecule has 0 aliphatic carbocycles. The molecule has 0 spiro atoms. The molecule has 0 saturated heterocycles. The Kier molecular flexibility index (Phi) is 5.72. The summed E-state index contributed by atoms with van der Waals surface area (Å²) in [6, 6.07) is 8.31. The Bertz CT molecular complexity index is 888. The molecule has 0 radical (unpaired) electrons. The molecule has 1 aromatic carbocycles. The zero-order valence-corrected chi connectivity index (χ0v) is 17.7. The van der Waals surface area contributed by atoms with Gasteiger partial charge in [-0.2, -0.15) is 0 Å². The summed E-state index contributed by atoms with van der Waals surface area (Å²) in [5.74, 6) is 0.0820. The van der Waals surface area contributed by atoms with Crippen LogP contribution in [0.4, 0.5) is 10.8 Å². The Morgan fingerprint density at radius 1 is 1.41 bits per heavy atom. The molecule has 0 fully saturated rings. The van der Waals surface area contributed by atoms with E-state index in [-0.39, 0.29) is 16.4 Å². The number of ketones is 1. The van der Waals surface area contributed by atoms with Gasteiger partial charge in [-0.25, -0.2) is 0 Å². The number of thioether (sulfide) groups is 1. The van der Waals surface area contributed by atoms with Crippen LogP contribution >= 0.6 is 23.1 Å². The van der Waals surface area contributed by atoms with Gasteiger partial charge in [-0.1, -0.05) is 61.2 Å². The third-order valence-corrected chi connectivity index (χ3v) is 6.79. The Balaban J connectivity index is 1.74. The van der Waals surface area contributed by atoms with Gasteiger partial charge in [-0.15, -0.1) is 16.8 Å². The Labute approximate surface area is 168 Å². The minimum absolute atomic E-state index is 0.0820. The Morgan fingerprint density at radius 2 is 2.15 bits per heavy atom. The highest BCUT2D eigenvalue weighted by atomic mass is 32.2. The normalized spacial score (nSPS) is 17.6. The minimum atomic E-state index is -0.231. The standard InChI is InChI=1S/C20H24N4OS2/c1-6-11-21-18-22-23-19(27-18)26-13(2)16(25)12-17-20(3,4)14-9-7-8-10-15(14)24(17)5/h6-10,12-13H,1,11H2,2-5H3,(H,21,22)/b17-12+. The monoisotopic (exact) mass is 400 g/mol. The zero-order chi connectivity index (χ0) is 19.6. The lowest BCUT2D eigenvalue weighted by atomic mass is 9.83. The van der Waals surface area contributed by atoms with Gasteiger partial charge >= 0.3 is 0 Å². The van der Waals surface area contributed by atoms with Gasteiger partial charge < -0.3 is 10.2 Å². The maximum Gasteiger partial charge on any atom is 0.206 e. The summed E-state index contributed by atoms with van der Waals surface area (Å²) in [5.41, 5.74) is 3.22. The Morgan fingerprint density at radius 3 is 2.85 bits per heavy atom. The number of carbonyl (C=O) groups is 1. The fourth-order valence-corrected chi connectivity index (χ4v) is 5.13. The molecular formula is C20H24N4OS2. The quantitative estimate of drug-likeness (QED) is 0.420. The first kappa shape index (κ1) is 19.6. The van der Waals surface area contributed by atoms with Gasteiger partial charge in [-0.3, -0.25) is 4.79 Å². The lowest BCUT2D eigenvalue weighted by molar-refractivity contribution is -0.113. The summed E-state index contributed by atoms with van der Waals surface area (Å²) < 4.78 is 0.781. The molecule has 0 bridgehead atoms. The number of allylic oxidation sites excluding steroid dienone is 2. The van der Waals surface area contributed by atoms with Crippen molar-refractivity contribution in [3.63, 3.8) is 0 Å². The second-order valence-corrected chi connectivity index (χ2v) is 9.50. The molecule has 142 valence electrons. The van der Waals surface area contributed by atoms with Crippen molar-refractivity contribution in [1.82, 2.24) is 10.2 Å². The maximum atomic E-state index is 12.9. The van der Waals surface area contributed by atoms with Crippen LogP contribution in [0.25, 0.3) is 0 Å². The first-order valence-electron chi connectivity index (χ1n) is 8.78. The molecule has 1 atom stereocenters. The number of aromatic nitrogens is 2. The largest absolute Gasteiger partial charge is 0.357 e. The molecule has 27 heavy (non-hydrogen) atoms. The van der Waals surface area contributed by atoms with Crippen molar-refractivity contribution in [2.75, 3.05) is 23.8 Å². The number of carbonyl (C=O) groups excluding carboxylic acids is 1. The molecule has 1 aliphatic rings. The van der Waals surface area contributed by atoms with Crippen molar-refractivity contribution < 1.29 is 4.79 Å². The van der Waals surface area contributed by atoms with Crippen LogP contribution in [0.1, 0.15) is 26.3 Å². The number of anilines is 2. The van der Waals surface area contributed by atoms with Crippen LogP contribution in [0.15, 0.2) is 53.0 Å². The highest BCUT2D eigenvalue weighted by Gasteiger charge is 2.38. The van der Waals surface area contributed by atoms with Gasteiger partial charge in [0, 0.05) is 36.5 Å². The molecule has 3 rings (SSSR count). The number of benzene rings is 1. The van der Waals surface area contributed by atoms with E-state index in [0.29, 0.717) is 6.54 Å². The van der Waals surface area contributed by atoms with Gasteiger partial charge in [-0.05, 0) is 18.6 Å². The van der Waals surface area contributed by atoms with E-state index in [1.54, 1.807) is 12.2 Å². The van der Waals surface area contributed by atoms with E-state index in [2.05, 4.69) is 53.0 Å². The lowest BCUT2D eigenvalue weighted by Gasteiger charge is -2.24. The van der Waals surface area contributed by atoms with E-state index in [4.69, 9.17) is 0 Å². The maximum absolute atomic E-state index is 12.9. The number of likely N-dealkylation sites (N-methyl/N-ethyl adjacent to an activating group) is 1. The van der Waals surface area contributed by atoms with Crippen molar-refractivity contribution >= 4 is 39.7 Å². The summed E-state index contributed by atoms with van der Waals surface area (Å²) in [7, 11) is 2.02. The lowest BCUT2D eigenvalue weighted by Crippen LogP contribution is -2.25. The average Bonchev–Trinajstić information content (AvgIpc) is 3.17. The Hall–Kier alpha value is -2.12. The molecule has 2 aromatic rings. The van der Waals surface area contributed by atoms with Crippen molar-refractivity contribution in [1.29, 1.82) is 0 Å². The summed E-state index contributed by atoms with van der Waals surface area (Å²) in [6.07, 6.45) is 3.56. The molecule has 2 heterocycles. The summed E-state index contributed by atoms with van der Waals surface area (Å²) >= 11 is 2.89. The smallest absolute Gasteiger partial charge is 0.206 e. The van der Waals surface area contributed by atoms with E-state index in [9.17, 15) is 4.79 Å². The van der Waals surface area contributed by atoms with Crippen LogP contribution in [0.2, 0.25) is 0 Å². The van der Waals surface area contributed by atoms with Crippen LogP contribution in [0.5, 0.6) is 0 Å². The van der Waals surface area contributed by atoms with E-state index < -0.39 is 0 Å². The number of hydrogen-bond donors (Lipinski definition) is 1. The number of hydrogen-bond acceptors (Lipinski definition) is 7. The van der Waals surface area contributed by atoms with Crippen molar-refractivity contribution in [3.8, 4) is 0 Å². The highest BCUT2D eigenvalue weighted by Crippen LogP contribution is 2.46. The van der Waals surface area contributed by atoms with E-state index in [1.165, 1.54) is 28.7 Å². The van der Waals surface area contributed by atoms with Gasteiger partial charge in [0.05, 0.1) is 5.25 Å². The molecular weight excluding hydrogens is 376 g/mol. The van der Waals surface area contributed by atoms with E-state index in [0.717, 1.165) is 20.9 Å². The van der Waals surface area contributed by atoms with Crippen molar-refractivity contribution in [2.45, 2.75) is 35.8 Å². The van der Waals surface area contributed by atoms with Gasteiger partial charge in [0.25, 0.3) is 0 Å². The molecule has 1 N–H and O–H groups in total. The molecule has 1 unspecified atom stereocenters. The number of nitrogens with zero attached hydrogens (tertiary/aromatic N) is 3. The molecule has 0 amide bonds. The van der Waals surface area contributed by atoms with Crippen molar-refractivity contribution in [2.24, 2.45) is 0 Å². The molecule has 7 heteroatoms. The van der Waals surface area contributed by atoms with Crippen molar-refractivity contribution in [3.05, 3.63) is 54.3 Å². The van der Waals surface area contributed by atoms with Crippen LogP contribution in [0, 0.1) is 0 Å². The second-order valence-electron chi connectivity index (χ2n) is 6.94. The highest BCUT2D eigenvalue weighted by molar-refractivity contribution is 8.02. The molecule has 5 nitrogen and oxygen atoms in total. The number of nitrogens with one attached hydrogen (secondary N) is 1. The van der Waals surface area contributed by atoms with Crippen LogP contribution in [-0.4, -0.2) is 34.8 Å². The first-order chi connectivity index (χ1) is 12.8. The topological polar surface area (TPSA) is 58.1 Å². The SMILES string of the molecule is C=CCNc1nnc(SC(C)C(=O)/C=C2/N(C)c3ccccc3C2(C)C)s1. The minimum Gasteiger partial charge on any atom is -0.357 e. The van der Waals surface area contributed by atoms with E-state index in [1.807, 2.05) is 26.1 Å². The van der Waals surface area contributed by atoms with Gasteiger partial charge in [0.1, 0.15) is 0 Å². The van der Waals surface area contributed by atoms with Crippen LogP contribution in [0.3, 0.4) is 0 Å². The summed E-state index contributed by atoms with van der Waals surface area (Å²) in [6.45, 7) is 10.5. The first-order valence-corrected chi connectivity index (χ1v) is 10.5. The fraction of sp³-hybridized carbons (Fsp3) is 0.350. The second kappa shape index (κ2) is 7.86. The number of para-hydroxylation sites is 1. The van der Waals surface area contributed by atoms with Crippen LogP contribution < -0.4 is 10.2 Å². The number of fused-ring (bicyclic) bond motifs is 1. The average molecular weight is 401 g/mol.